The second-order valence-corrected chi connectivity index (χ2v) is 8.64. The maximum Gasteiger partial charge on any atom is 0.246 e. The number of carbonyl (C=O) groups excluding carboxylic acids is 1. The molecule has 1 saturated heterocycles. The van der Waals surface area contributed by atoms with E-state index in [4.69, 9.17) is 17.3 Å². The van der Waals surface area contributed by atoms with E-state index in [2.05, 4.69) is 16.5 Å². The number of nitrogen functional groups attached to an aromatic ring is 1. The van der Waals surface area contributed by atoms with Crippen LogP contribution in [0.3, 0.4) is 0 Å². The zero-order valence-corrected chi connectivity index (χ0v) is 15.4. The van der Waals surface area contributed by atoms with E-state index in [-0.39, 0.29) is 24.0 Å². The Bertz CT molecular complexity index is 960. The molecule has 0 spiro atoms. The van der Waals surface area contributed by atoms with Gasteiger partial charge in [0.25, 0.3) is 0 Å². The molecule has 0 saturated carbocycles. The molecule has 1 atom stereocenters. The number of aromatic nitrogens is 2. The fraction of sp³-hybridized carbons (Fsp3) is 0.235. The normalized spacial score (nSPS) is 19.1. The fourth-order valence-corrected chi connectivity index (χ4v) is 4.62. The molecule has 2 N–H and O–H groups in total. The number of halogens is 1. The van der Waals surface area contributed by atoms with Gasteiger partial charge in [-0.1, -0.05) is 18.2 Å². The van der Waals surface area contributed by atoms with Crippen molar-refractivity contribution in [3.63, 3.8) is 0 Å². The molecule has 1 unspecified atom stereocenters. The molecule has 0 aliphatic carbocycles. The predicted molar refractivity (Wildman–Crippen MR) is 100 cm³/mol. The Labute approximate surface area is 156 Å². The van der Waals surface area contributed by atoms with Gasteiger partial charge in [0.2, 0.25) is 5.91 Å². The van der Waals surface area contributed by atoms with E-state index in [1.54, 1.807) is 18.2 Å². The molecule has 0 bridgehead atoms. The number of rotatable bonds is 3. The van der Waals surface area contributed by atoms with E-state index in [0.29, 0.717) is 27.7 Å². The second-order valence-electron chi connectivity index (χ2n) is 5.98. The average molecular weight is 393 g/mol. The number of amides is 1. The van der Waals surface area contributed by atoms with Crippen molar-refractivity contribution >= 4 is 33.0 Å². The van der Waals surface area contributed by atoms with Crippen LogP contribution >= 0.6 is 11.6 Å². The third-order valence-corrected chi connectivity index (χ3v) is 5.97. The lowest BCUT2D eigenvalue weighted by atomic mass is 10.0. The molecular weight excluding hydrogens is 376 g/mol. The van der Waals surface area contributed by atoms with Crippen LogP contribution in [0, 0.1) is 0 Å². The van der Waals surface area contributed by atoms with E-state index in [9.17, 15) is 13.2 Å². The lowest BCUT2D eigenvalue weighted by Crippen LogP contribution is -2.45. The van der Waals surface area contributed by atoms with Gasteiger partial charge in [-0.05, 0) is 29.8 Å². The van der Waals surface area contributed by atoms with Crippen molar-refractivity contribution in [2.75, 3.05) is 23.8 Å². The van der Waals surface area contributed by atoms with Gasteiger partial charge >= 0.3 is 0 Å². The van der Waals surface area contributed by atoms with Crippen LogP contribution in [0.4, 0.5) is 5.69 Å². The van der Waals surface area contributed by atoms with E-state index >= 15 is 0 Å². The third-order valence-electron chi connectivity index (χ3n) is 4.12. The molecule has 7 nitrogen and oxygen atoms in total. The van der Waals surface area contributed by atoms with Gasteiger partial charge in [0.05, 0.1) is 35.6 Å². The highest BCUT2D eigenvalue weighted by molar-refractivity contribution is 7.91. The first-order chi connectivity index (χ1) is 12.3. The number of hydrogen-bond donors (Lipinski definition) is 1. The summed E-state index contributed by atoms with van der Waals surface area (Å²) >= 11 is 6.23. The lowest BCUT2D eigenvalue weighted by Gasteiger charge is -2.35. The number of nitrogens with two attached hydrogens (primary N) is 1. The van der Waals surface area contributed by atoms with Gasteiger partial charge in [-0.25, -0.2) is 18.4 Å². The number of sulfone groups is 1. The molecule has 2 heterocycles. The Morgan fingerprint density at radius 1 is 1.31 bits per heavy atom. The Morgan fingerprint density at radius 2 is 2.00 bits per heavy atom. The minimum Gasteiger partial charge on any atom is -0.396 e. The van der Waals surface area contributed by atoms with Crippen molar-refractivity contribution in [3.05, 3.63) is 53.8 Å². The third kappa shape index (κ3) is 3.86. The number of benzene rings is 1. The standard InChI is InChI=1S/C17H17ClN4O3S/c1-2-16(23)22-3-4-26(24,25)10-15(22)11-5-12(7-13(18)6-11)17-20-8-14(19)9-21-17/h2,5-9,15H,1,3-4,10,19H2. The van der Waals surface area contributed by atoms with Crippen molar-refractivity contribution in [1.82, 2.24) is 14.9 Å². The molecule has 136 valence electrons. The monoisotopic (exact) mass is 392 g/mol. The van der Waals surface area contributed by atoms with Gasteiger partial charge in [-0.2, -0.15) is 0 Å². The molecule has 3 rings (SSSR count). The van der Waals surface area contributed by atoms with Crippen LogP contribution in [0.5, 0.6) is 0 Å². The van der Waals surface area contributed by atoms with Crippen LogP contribution in [0.15, 0.2) is 43.2 Å². The SMILES string of the molecule is C=CC(=O)N1CCS(=O)(=O)CC1c1cc(Cl)cc(-c2ncc(N)cn2)c1. The van der Waals surface area contributed by atoms with Gasteiger partial charge < -0.3 is 10.6 Å². The van der Waals surface area contributed by atoms with Crippen molar-refractivity contribution in [3.8, 4) is 11.4 Å². The molecule has 26 heavy (non-hydrogen) atoms. The number of hydrogen-bond acceptors (Lipinski definition) is 6. The smallest absolute Gasteiger partial charge is 0.246 e. The average Bonchev–Trinajstić information content (AvgIpc) is 2.60. The van der Waals surface area contributed by atoms with Gasteiger partial charge in [-0.3, -0.25) is 4.79 Å². The first-order valence-corrected chi connectivity index (χ1v) is 10.0. The van der Waals surface area contributed by atoms with Gasteiger partial charge in [0, 0.05) is 17.1 Å². The number of carbonyl (C=O) groups is 1. The summed E-state index contributed by atoms with van der Waals surface area (Å²) in [5, 5.41) is 0.395. The maximum absolute atomic E-state index is 12.2. The minimum atomic E-state index is -3.27. The quantitative estimate of drug-likeness (QED) is 0.799. The summed E-state index contributed by atoms with van der Waals surface area (Å²) in [6.45, 7) is 3.60. The molecule has 0 radical (unpaired) electrons. The molecule has 1 aliphatic rings. The predicted octanol–water partition coefficient (Wildman–Crippen LogP) is 1.86. The number of nitrogens with zero attached hydrogens (tertiary/aromatic N) is 3. The van der Waals surface area contributed by atoms with Crippen LogP contribution in [0.25, 0.3) is 11.4 Å². The zero-order chi connectivity index (χ0) is 18.9. The van der Waals surface area contributed by atoms with E-state index in [1.165, 1.54) is 23.4 Å². The molecule has 1 aliphatic heterocycles. The van der Waals surface area contributed by atoms with Crippen LogP contribution in [-0.2, 0) is 14.6 Å². The summed E-state index contributed by atoms with van der Waals surface area (Å²) in [4.78, 5) is 22.0. The Morgan fingerprint density at radius 3 is 2.65 bits per heavy atom. The molecular formula is C17H17ClN4O3S. The van der Waals surface area contributed by atoms with Crippen molar-refractivity contribution < 1.29 is 13.2 Å². The Kier molecular flexibility index (Phi) is 4.97. The molecule has 1 aromatic heterocycles. The summed E-state index contributed by atoms with van der Waals surface area (Å²) in [5.74, 6) is -0.162. The van der Waals surface area contributed by atoms with Crippen LogP contribution in [0.2, 0.25) is 5.02 Å². The molecule has 9 heteroatoms. The van der Waals surface area contributed by atoms with Gasteiger partial charge in [0.15, 0.2) is 15.7 Å². The summed E-state index contributed by atoms with van der Waals surface area (Å²) in [6, 6.07) is 4.42. The highest BCUT2D eigenvalue weighted by Gasteiger charge is 2.34. The fourth-order valence-electron chi connectivity index (χ4n) is 2.89. The summed E-state index contributed by atoms with van der Waals surface area (Å²) < 4.78 is 24.3. The summed E-state index contributed by atoms with van der Waals surface area (Å²) in [5.41, 5.74) is 7.25. The van der Waals surface area contributed by atoms with Crippen molar-refractivity contribution in [1.29, 1.82) is 0 Å². The molecule has 1 aromatic carbocycles. The highest BCUT2D eigenvalue weighted by atomic mass is 35.5. The van der Waals surface area contributed by atoms with Gasteiger partial charge in [0.1, 0.15) is 0 Å². The molecule has 1 amide bonds. The molecule has 1 fully saturated rings. The highest BCUT2D eigenvalue weighted by Crippen LogP contribution is 2.32. The topological polar surface area (TPSA) is 106 Å². The first kappa shape index (κ1) is 18.3. The Hall–Kier alpha value is -2.45. The first-order valence-electron chi connectivity index (χ1n) is 7.81. The lowest BCUT2D eigenvalue weighted by molar-refractivity contribution is -0.127. The maximum atomic E-state index is 12.2. The van der Waals surface area contributed by atoms with E-state index in [1.807, 2.05) is 0 Å². The second kappa shape index (κ2) is 7.05. The van der Waals surface area contributed by atoms with Gasteiger partial charge in [-0.15, -0.1) is 0 Å². The summed E-state index contributed by atoms with van der Waals surface area (Å²) in [6.07, 6.45) is 4.13. The molecule has 2 aromatic rings. The van der Waals surface area contributed by atoms with Crippen LogP contribution < -0.4 is 5.73 Å². The van der Waals surface area contributed by atoms with Crippen molar-refractivity contribution in [2.45, 2.75) is 6.04 Å². The van der Waals surface area contributed by atoms with E-state index in [0.717, 1.165) is 0 Å². The van der Waals surface area contributed by atoms with Crippen LogP contribution in [-0.4, -0.2) is 47.2 Å². The number of anilines is 1. The summed E-state index contributed by atoms with van der Waals surface area (Å²) in [7, 11) is -3.27. The minimum absolute atomic E-state index is 0.0718. The van der Waals surface area contributed by atoms with E-state index < -0.39 is 15.9 Å². The Balaban J connectivity index is 2.06. The zero-order valence-electron chi connectivity index (χ0n) is 13.8. The van der Waals surface area contributed by atoms with Crippen molar-refractivity contribution in [2.24, 2.45) is 0 Å². The van der Waals surface area contributed by atoms with Crippen LogP contribution in [0.1, 0.15) is 11.6 Å². The largest absolute Gasteiger partial charge is 0.396 e.